The Morgan fingerprint density at radius 2 is 1.63 bits per heavy atom. The maximum absolute atomic E-state index is 12.4. The molecule has 0 aliphatic carbocycles. The Bertz CT molecular complexity index is 412. The second kappa shape index (κ2) is 7.67. The normalized spacial score (nSPS) is 10.1. The van der Waals surface area contributed by atoms with Gasteiger partial charge >= 0.3 is 0 Å². The summed E-state index contributed by atoms with van der Waals surface area (Å²) in [5.41, 5.74) is 0.638. The largest absolute Gasteiger partial charge is 0.493 e. The van der Waals surface area contributed by atoms with Crippen molar-refractivity contribution in [3.63, 3.8) is 0 Å². The number of benzene rings is 1. The third kappa shape index (κ3) is 3.88. The van der Waals surface area contributed by atoms with Crippen molar-refractivity contribution in [1.29, 1.82) is 0 Å². The van der Waals surface area contributed by atoms with Gasteiger partial charge in [0.25, 0.3) is 5.91 Å². The summed E-state index contributed by atoms with van der Waals surface area (Å²) in [5, 5.41) is 0. The van der Waals surface area contributed by atoms with Gasteiger partial charge in [-0.15, -0.1) is 0 Å². The maximum Gasteiger partial charge on any atom is 0.253 e. The fraction of sp³-hybridized carbons (Fsp3) is 0.533. The van der Waals surface area contributed by atoms with Crippen LogP contribution in [0.25, 0.3) is 0 Å². The van der Waals surface area contributed by atoms with E-state index in [1.807, 2.05) is 4.90 Å². The van der Waals surface area contributed by atoms with Crippen molar-refractivity contribution < 1.29 is 14.3 Å². The zero-order valence-corrected chi connectivity index (χ0v) is 12.2. The van der Waals surface area contributed by atoms with E-state index in [9.17, 15) is 4.79 Å². The molecule has 0 spiro atoms. The van der Waals surface area contributed by atoms with E-state index in [0.29, 0.717) is 17.1 Å². The molecular formula is C15H23NO3. The summed E-state index contributed by atoms with van der Waals surface area (Å²) in [7, 11) is 3.15. The maximum atomic E-state index is 12.4. The summed E-state index contributed by atoms with van der Waals surface area (Å²) in [6.45, 7) is 5.71. The molecule has 0 saturated heterocycles. The van der Waals surface area contributed by atoms with Gasteiger partial charge in [0.1, 0.15) is 0 Å². The van der Waals surface area contributed by atoms with E-state index in [4.69, 9.17) is 9.47 Å². The van der Waals surface area contributed by atoms with Crippen LogP contribution in [-0.4, -0.2) is 38.1 Å². The lowest BCUT2D eigenvalue weighted by Gasteiger charge is -2.22. The highest BCUT2D eigenvalue weighted by Gasteiger charge is 2.16. The van der Waals surface area contributed by atoms with E-state index in [2.05, 4.69) is 13.8 Å². The molecule has 1 rings (SSSR count). The van der Waals surface area contributed by atoms with Crippen molar-refractivity contribution in [3.8, 4) is 11.5 Å². The van der Waals surface area contributed by atoms with Gasteiger partial charge in [-0.05, 0) is 31.0 Å². The number of ether oxygens (including phenoxy) is 2. The first-order valence-corrected chi connectivity index (χ1v) is 6.69. The van der Waals surface area contributed by atoms with Crippen LogP contribution in [0, 0.1) is 0 Å². The molecule has 0 heterocycles. The number of carbonyl (C=O) groups excluding carboxylic acids is 1. The van der Waals surface area contributed by atoms with Crippen LogP contribution in [0.4, 0.5) is 0 Å². The summed E-state index contributed by atoms with van der Waals surface area (Å²) in [6.07, 6.45) is 1.91. The highest BCUT2D eigenvalue weighted by molar-refractivity contribution is 5.95. The fourth-order valence-electron chi connectivity index (χ4n) is 2.01. The number of hydrogen-bond donors (Lipinski definition) is 0. The predicted octanol–water partition coefficient (Wildman–Crippen LogP) is 2.97. The molecule has 1 aromatic rings. The number of amides is 1. The van der Waals surface area contributed by atoms with Crippen molar-refractivity contribution in [2.75, 3.05) is 27.3 Å². The lowest BCUT2D eigenvalue weighted by molar-refractivity contribution is 0.0755. The van der Waals surface area contributed by atoms with E-state index in [0.717, 1.165) is 25.9 Å². The minimum absolute atomic E-state index is 0.0460. The van der Waals surface area contributed by atoms with Gasteiger partial charge in [0.15, 0.2) is 11.5 Å². The second-order valence-electron chi connectivity index (χ2n) is 4.36. The minimum Gasteiger partial charge on any atom is -0.493 e. The SMILES string of the molecule is CCCN(CCC)C(=O)c1ccc(OC)c(OC)c1. The van der Waals surface area contributed by atoms with Crippen molar-refractivity contribution >= 4 is 5.91 Å². The van der Waals surface area contributed by atoms with Crippen LogP contribution in [0.2, 0.25) is 0 Å². The van der Waals surface area contributed by atoms with Gasteiger partial charge in [0, 0.05) is 18.7 Å². The predicted molar refractivity (Wildman–Crippen MR) is 76.0 cm³/mol. The summed E-state index contributed by atoms with van der Waals surface area (Å²) in [5.74, 6) is 1.27. The Kier molecular flexibility index (Phi) is 6.19. The van der Waals surface area contributed by atoms with Crippen LogP contribution in [0.3, 0.4) is 0 Å². The molecule has 0 aliphatic heterocycles. The van der Waals surface area contributed by atoms with Crippen molar-refractivity contribution in [2.24, 2.45) is 0 Å². The van der Waals surface area contributed by atoms with Gasteiger partial charge in [0.2, 0.25) is 0 Å². The molecule has 0 unspecified atom stereocenters. The molecular weight excluding hydrogens is 242 g/mol. The first-order chi connectivity index (χ1) is 9.17. The van der Waals surface area contributed by atoms with Gasteiger partial charge in [0.05, 0.1) is 14.2 Å². The quantitative estimate of drug-likeness (QED) is 0.761. The van der Waals surface area contributed by atoms with Crippen molar-refractivity contribution in [3.05, 3.63) is 23.8 Å². The first kappa shape index (κ1) is 15.3. The molecule has 1 aromatic carbocycles. The summed E-state index contributed by atoms with van der Waals surface area (Å²) < 4.78 is 10.4. The minimum atomic E-state index is 0.0460. The standard InChI is InChI=1S/C15H23NO3/c1-5-9-16(10-6-2)15(17)12-7-8-13(18-3)14(11-12)19-4/h7-8,11H,5-6,9-10H2,1-4H3. The van der Waals surface area contributed by atoms with Crippen LogP contribution in [0.5, 0.6) is 11.5 Å². The summed E-state index contributed by atoms with van der Waals surface area (Å²) in [4.78, 5) is 14.3. The Morgan fingerprint density at radius 1 is 1.05 bits per heavy atom. The zero-order chi connectivity index (χ0) is 14.3. The van der Waals surface area contributed by atoms with Crippen molar-refractivity contribution in [2.45, 2.75) is 26.7 Å². The molecule has 1 amide bonds. The van der Waals surface area contributed by atoms with Gasteiger partial charge in [-0.25, -0.2) is 0 Å². The van der Waals surface area contributed by atoms with Gasteiger partial charge in [-0.1, -0.05) is 13.8 Å². The van der Waals surface area contributed by atoms with Gasteiger partial charge < -0.3 is 14.4 Å². The Hall–Kier alpha value is -1.71. The molecule has 0 aromatic heterocycles. The molecule has 0 radical (unpaired) electrons. The van der Waals surface area contributed by atoms with E-state index in [1.165, 1.54) is 0 Å². The highest BCUT2D eigenvalue weighted by atomic mass is 16.5. The molecule has 19 heavy (non-hydrogen) atoms. The Labute approximate surface area is 115 Å². The van der Waals surface area contributed by atoms with Crippen LogP contribution in [0.15, 0.2) is 18.2 Å². The monoisotopic (exact) mass is 265 g/mol. The summed E-state index contributed by atoms with van der Waals surface area (Å²) >= 11 is 0. The molecule has 106 valence electrons. The van der Waals surface area contributed by atoms with Crippen LogP contribution < -0.4 is 9.47 Å². The number of rotatable bonds is 7. The smallest absolute Gasteiger partial charge is 0.253 e. The molecule has 4 nitrogen and oxygen atoms in total. The average Bonchev–Trinajstić information content (AvgIpc) is 2.45. The fourth-order valence-corrected chi connectivity index (χ4v) is 2.01. The topological polar surface area (TPSA) is 38.8 Å². The van der Waals surface area contributed by atoms with Gasteiger partial charge in [-0.3, -0.25) is 4.79 Å². The highest BCUT2D eigenvalue weighted by Crippen LogP contribution is 2.28. The molecule has 0 fully saturated rings. The molecule has 0 aliphatic rings. The van der Waals surface area contributed by atoms with E-state index in [-0.39, 0.29) is 5.91 Å². The average molecular weight is 265 g/mol. The molecule has 0 bridgehead atoms. The van der Waals surface area contributed by atoms with E-state index >= 15 is 0 Å². The van der Waals surface area contributed by atoms with Crippen molar-refractivity contribution in [1.82, 2.24) is 4.90 Å². The number of carbonyl (C=O) groups is 1. The second-order valence-corrected chi connectivity index (χ2v) is 4.36. The first-order valence-electron chi connectivity index (χ1n) is 6.69. The Balaban J connectivity index is 2.97. The molecule has 0 saturated carbocycles. The van der Waals surface area contributed by atoms with Gasteiger partial charge in [-0.2, -0.15) is 0 Å². The molecule has 4 heteroatoms. The number of nitrogens with zero attached hydrogens (tertiary/aromatic N) is 1. The number of methoxy groups -OCH3 is 2. The van der Waals surface area contributed by atoms with E-state index < -0.39 is 0 Å². The summed E-state index contributed by atoms with van der Waals surface area (Å²) in [6, 6.07) is 5.28. The van der Waals surface area contributed by atoms with E-state index in [1.54, 1.807) is 32.4 Å². The Morgan fingerprint density at radius 3 is 2.11 bits per heavy atom. The van der Waals surface area contributed by atoms with Crippen LogP contribution >= 0.6 is 0 Å². The molecule has 0 N–H and O–H groups in total. The lowest BCUT2D eigenvalue weighted by atomic mass is 10.1. The zero-order valence-electron chi connectivity index (χ0n) is 12.2. The third-order valence-corrected chi connectivity index (χ3v) is 2.90. The third-order valence-electron chi connectivity index (χ3n) is 2.90. The van der Waals surface area contributed by atoms with Crippen LogP contribution in [-0.2, 0) is 0 Å². The number of hydrogen-bond acceptors (Lipinski definition) is 3. The molecule has 0 atom stereocenters. The van der Waals surface area contributed by atoms with Crippen LogP contribution in [0.1, 0.15) is 37.0 Å². The lowest BCUT2D eigenvalue weighted by Crippen LogP contribution is -2.32.